The van der Waals surface area contributed by atoms with Crippen LogP contribution in [0.5, 0.6) is 11.5 Å². The maximum atomic E-state index is 12.8. The second kappa shape index (κ2) is 10.3. The molecule has 1 aliphatic rings. The molecule has 3 aromatic rings. The van der Waals surface area contributed by atoms with Gasteiger partial charge in [-0.2, -0.15) is 0 Å². The Morgan fingerprint density at radius 2 is 1.51 bits per heavy atom. The number of benzene rings is 3. The van der Waals surface area contributed by atoms with E-state index in [1.54, 1.807) is 30.3 Å². The Morgan fingerprint density at radius 3 is 2.23 bits per heavy atom. The topological polar surface area (TPSA) is 135 Å². The number of rotatable bonds is 7. The largest absolute Gasteiger partial charge is 0.486 e. The summed E-state index contributed by atoms with van der Waals surface area (Å²) in [4.78, 5) is 24.3. The molecule has 0 saturated carbocycles. The van der Waals surface area contributed by atoms with Gasteiger partial charge in [-0.1, -0.05) is 6.07 Å². The van der Waals surface area contributed by atoms with E-state index in [1.807, 2.05) is 6.92 Å². The van der Waals surface area contributed by atoms with Crippen LogP contribution >= 0.6 is 0 Å². The molecule has 182 valence electrons. The van der Waals surface area contributed by atoms with E-state index in [-0.39, 0.29) is 16.8 Å². The third-order valence-electron chi connectivity index (χ3n) is 4.94. The van der Waals surface area contributed by atoms with Gasteiger partial charge >= 0.3 is 6.03 Å². The zero-order valence-corrected chi connectivity index (χ0v) is 19.6. The quantitative estimate of drug-likeness (QED) is 0.394. The number of fused-ring (bicyclic) bond motifs is 1. The molecule has 0 unspecified atom stereocenters. The number of carbonyl (C=O) groups excluding carboxylic acids is 2. The van der Waals surface area contributed by atoms with E-state index >= 15 is 0 Å². The number of carbonyl (C=O) groups is 2. The van der Waals surface area contributed by atoms with Gasteiger partial charge in [0.15, 0.2) is 11.5 Å². The summed E-state index contributed by atoms with van der Waals surface area (Å²) < 4.78 is 38.9. The lowest BCUT2D eigenvalue weighted by molar-refractivity contribution is 0.102. The van der Waals surface area contributed by atoms with Crippen molar-refractivity contribution in [2.24, 2.45) is 0 Å². The second-order valence-corrected chi connectivity index (χ2v) is 9.19. The summed E-state index contributed by atoms with van der Waals surface area (Å²) in [6.07, 6.45) is 0. The molecule has 3 aromatic carbocycles. The Bertz CT molecular complexity index is 1340. The molecule has 4 N–H and O–H groups in total. The summed E-state index contributed by atoms with van der Waals surface area (Å²) in [6.45, 7) is 3.06. The van der Waals surface area contributed by atoms with Crippen molar-refractivity contribution >= 4 is 39.0 Å². The molecule has 0 atom stereocenters. The van der Waals surface area contributed by atoms with E-state index in [0.717, 1.165) is 0 Å². The number of urea groups is 1. The highest BCUT2D eigenvalue weighted by atomic mass is 32.2. The van der Waals surface area contributed by atoms with Crippen molar-refractivity contribution in [1.82, 2.24) is 5.32 Å². The predicted molar refractivity (Wildman–Crippen MR) is 132 cm³/mol. The van der Waals surface area contributed by atoms with Crippen LogP contribution in [0.25, 0.3) is 0 Å². The van der Waals surface area contributed by atoms with E-state index in [2.05, 4.69) is 20.7 Å². The Labute approximate surface area is 202 Å². The van der Waals surface area contributed by atoms with Gasteiger partial charge in [0.1, 0.15) is 13.2 Å². The highest BCUT2D eigenvalue weighted by Gasteiger charge is 2.19. The molecule has 0 aliphatic carbocycles. The molecule has 1 aliphatic heterocycles. The van der Waals surface area contributed by atoms with Crippen LogP contribution in [0.15, 0.2) is 71.6 Å². The van der Waals surface area contributed by atoms with Gasteiger partial charge in [-0.3, -0.25) is 9.52 Å². The predicted octanol–water partition coefficient (Wildman–Crippen LogP) is 3.65. The van der Waals surface area contributed by atoms with Crippen LogP contribution in [0.2, 0.25) is 0 Å². The van der Waals surface area contributed by atoms with Crippen molar-refractivity contribution in [3.63, 3.8) is 0 Å². The van der Waals surface area contributed by atoms with Crippen LogP contribution in [0.1, 0.15) is 17.3 Å². The van der Waals surface area contributed by atoms with Crippen LogP contribution in [0, 0.1) is 0 Å². The Morgan fingerprint density at radius 1 is 0.829 bits per heavy atom. The fourth-order valence-corrected chi connectivity index (χ4v) is 4.38. The molecule has 0 fully saturated rings. The first-order valence-corrected chi connectivity index (χ1v) is 12.3. The number of anilines is 3. The van der Waals surface area contributed by atoms with Gasteiger partial charge < -0.3 is 25.4 Å². The van der Waals surface area contributed by atoms with E-state index in [9.17, 15) is 18.0 Å². The first-order valence-electron chi connectivity index (χ1n) is 10.8. The van der Waals surface area contributed by atoms with Crippen LogP contribution in [0.3, 0.4) is 0 Å². The molecule has 0 aromatic heterocycles. The van der Waals surface area contributed by atoms with E-state index < -0.39 is 10.0 Å². The Kier molecular flexibility index (Phi) is 7.06. The third kappa shape index (κ3) is 6.01. The standard InChI is InChI=1S/C24H24N4O6S/c1-2-25-24(30)27-19-5-3-4-18(14-19)26-23(29)16-6-8-17(9-7-16)28-35(31,32)20-10-11-21-22(15-20)34-13-12-33-21/h3-11,14-15,28H,2,12-13H2,1H3,(H,26,29)(H2,25,27,30). The van der Waals surface area contributed by atoms with E-state index in [4.69, 9.17) is 9.47 Å². The number of hydrogen-bond donors (Lipinski definition) is 4. The molecule has 35 heavy (non-hydrogen) atoms. The van der Waals surface area contributed by atoms with E-state index in [0.29, 0.717) is 53.9 Å². The first-order chi connectivity index (χ1) is 16.8. The first kappa shape index (κ1) is 23.9. The molecular weight excluding hydrogens is 472 g/mol. The van der Waals surface area contributed by atoms with Crippen LogP contribution in [-0.2, 0) is 10.0 Å². The summed E-state index contributed by atoms with van der Waals surface area (Å²) in [7, 11) is -3.87. The minimum Gasteiger partial charge on any atom is -0.486 e. The minimum atomic E-state index is -3.87. The monoisotopic (exact) mass is 496 g/mol. The van der Waals surface area contributed by atoms with Gasteiger partial charge in [0.05, 0.1) is 4.90 Å². The molecule has 3 amide bonds. The zero-order chi connectivity index (χ0) is 24.8. The summed E-state index contributed by atoms with van der Waals surface area (Å²) >= 11 is 0. The number of nitrogens with one attached hydrogen (secondary N) is 4. The Balaban J connectivity index is 1.41. The van der Waals surface area contributed by atoms with Gasteiger partial charge in [0, 0.05) is 35.2 Å². The molecule has 0 bridgehead atoms. The van der Waals surface area contributed by atoms with Crippen LogP contribution in [-0.4, -0.2) is 40.1 Å². The fraction of sp³-hybridized carbons (Fsp3) is 0.167. The normalized spacial score (nSPS) is 12.4. The summed E-state index contributed by atoms with van der Waals surface area (Å²) in [5.41, 5.74) is 1.64. The molecule has 4 rings (SSSR count). The lowest BCUT2D eigenvalue weighted by Crippen LogP contribution is -2.28. The second-order valence-electron chi connectivity index (χ2n) is 7.51. The molecule has 11 heteroatoms. The van der Waals surface area contributed by atoms with Crippen molar-refractivity contribution in [3.8, 4) is 11.5 Å². The van der Waals surface area contributed by atoms with Gasteiger partial charge in [0.2, 0.25) is 0 Å². The average Bonchev–Trinajstić information content (AvgIpc) is 2.84. The van der Waals surface area contributed by atoms with Gasteiger partial charge in [-0.05, 0) is 61.5 Å². The summed E-state index contributed by atoms with van der Waals surface area (Å²) in [6, 6.07) is 16.8. The van der Waals surface area contributed by atoms with E-state index in [1.165, 1.54) is 36.4 Å². The van der Waals surface area contributed by atoms with Crippen molar-refractivity contribution in [1.29, 1.82) is 0 Å². The number of ether oxygens (including phenoxy) is 2. The highest BCUT2D eigenvalue weighted by Crippen LogP contribution is 2.32. The maximum absolute atomic E-state index is 12.8. The molecular formula is C24H24N4O6S. The van der Waals surface area contributed by atoms with Gasteiger partial charge in [0.25, 0.3) is 15.9 Å². The summed E-state index contributed by atoms with van der Waals surface area (Å²) in [5.74, 6) is 0.480. The third-order valence-corrected chi connectivity index (χ3v) is 6.32. The van der Waals surface area contributed by atoms with Crippen LogP contribution in [0.4, 0.5) is 21.9 Å². The fourth-order valence-electron chi connectivity index (χ4n) is 3.31. The average molecular weight is 497 g/mol. The lowest BCUT2D eigenvalue weighted by atomic mass is 10.2. The molecule has 1 heterocycles. The Hall–Kier alpha value is -4.25. The molecule has 0 saturated heterocycles. The molecule has 0 spiro atoms. The SMILES string of the molecule is CCNC(=O)Nc1cccc(NC(=O)c2ccc(NS(=O)(=O)c3ccc4c(c3)OCCO4)cc2)c1. The van der Waals surface area contributed by atoms with Gasteiger partial charge in [-0.25, -0.2) is 13.2 Å². The van der Waals surface area contributed by atoms with Crippen LogP contribution < -0.4 is 30.1 Å². The number of sulfonamides is 1. The van der Waals surface area contributed by atoms with Crippen molar-refractivity contribution in [3.05, 3.63) is 72.3 Å². The molecule has 0 radical (unpaired) electrons. The minimum absolute atomic E-state index is 0.0321. The van der Waals surface area contributed by atoms with Crippen molar-refractivity contribution in [2.75, 3.05) is 35.1 Å². The number of amides is 3. The highest BCUT2D eigenvalue weighted by molar-refractivity contribution is 7.92. The van der Waals surface area contributed by atoms with Gasteiger partial charge in [-0.15, -0.1) is 0 Å². The smallest absolute Gasteiger partial charge is 0.319 e. The summed E-state index contributed by atoms with van der Waals surface area (Å²) in [5, 5.41) is 8.05. The van der Waals surface area contributed by atoms with Crippen molar-refractivity contribution in [2.45, 2.75) is 11.8 Å². The lowest BCUT2D eigenvalue weighted by Gasteiger charge is -2.19. The number of hydrogen-bond acceptors (Lipinski definition) is 6. The zero-order valence-electron chi connectivity index (χ0n) is 18.8. The maximum Gasteiger partial charge on any atom is 0.319 e. The molecule has 10 nitrogen and oxygen atoms in total. The van der Waals surface area contributed by atoms with Crippen molar-refractivity contribution < 1.29 is 27.5 Å².